The molecule has 0 aliphatic carbocycles. The SMILES string of the molecule is COc1cc(C(=O)O)cc(C2CNCCO2)c1OC. The molecule has 1 saturated heterocycles. The Bertz CT molecular complexity index is 468. The summed E-state index contributed by atoms with van der Waals surface area (Å²) in [4.78, 5) is 11.2. The van der Waals surface area contributed by atoms with E-state index in [1.807, 2.05) is 0 Å². The van der Waals surface area contributed by atoms with Gasteiger partial charge in [0.2, 0.25) is 0 Å². The Morgan fingerprint density at radius 3 is 2.74 bits per heavy atom. The maximum Gasteiger partial charge on any atom is 0.335 e. The van der Waals surface area contributed by atoms with Gasteiger partial charge in [0.15, 0.2) is 11.5 Å². The van der Waals surface area contributed by atoms with Crippen LogP contribution in [0.15, 0.2) is 12.1 Å². The second-order valence-corrected chi connectivity index (χ2v) is 4.17. The Hall–Kier alpha value is -1.79. The number of benzene rings is 1. The van der Waals surface area contributed by atoms with Gasteiger partial charge in [0.25, 0.3) is 0 Å². The van der Waals surface area contributed by atoms with Crippen molar-refractivity contribution in [2.75, 3.05) is 33.9 Å². The Labute approximate surface area is 111 Å². The molecule has 104 valence electrons. The average Bonchev–Trinajstić information content (AvgIpc) is 2.46. The van der Waals surface area contributed by atoms with Gasteiger partial charge in [0, 0.05) is 18.7 Å². The lowest BCUT2D eigenvalue weighted by molar-refractivity contribution is 0.0260. The van der Waals surface area contributed by atoms with Crippen molar-refractivity contribution >= 4 is 5.97 Å². The largest absolute Gasteiger partial charge is 0.493 e. The molecule has 0 spiro atoms. The highest BCUT2D eigenvalue weighted by Crippen LogP contribution is 2.37. The van der Waals surface area contributed by atoms with Crippen LogP contribution in [0.25, 0.3) is 0 Å². The number of hydrogen-bond donors (Lipinski definition) is 2. The molecular formula is C13H17NO5. The minimum atomic E-state index is -1.01. The first-order chi connectivity index (χ1) is 9.17. The van der Waals surface area contributed by atoms with Gasteiger partial charge in [0.05, 0.1) is 32.5 Å². The zero-order chi connectivity index (χ0) is 13.8. The molecule has 1 heterocycles. The number of methoxy groups -OCH3 is 2. The minimum absolute atomic E-state index is 0.154. The fourth-order valence-corrected chi connectivity index (χ4v) is 2.12. The van der Waals surface area contributed by atoms with Crippen LogP contribution in [-0.2, 0) is 4.74 Å². The van der Waals surface area contributed by atoms with Crippen LogP contribution >= 0.6 is 0 Å². The molecule has 0 saturated carbocycles. The fraction of sp³-hybridized carbons (Fsp3) is 0.462. The fourth-order valence-electron chi connectivity index (χ4n) is 2.12. The summed E-state index contributed by atoms with van der Waals surface area (Å²) < 4.78 is 16.2. The molecule has 1 atom stereocenters. The predicted octanol–water partition coefficient (Wildman–Crippen LogP) is 1.06. The third-order valence-corrected chi connectivity index (χ3v) is 3.03. The van der Waals surface area contributed by atoms with Gasteiger partial charge in [-0.3, -0.25) is 0 Å². The Morgan fingerprint density at radius 2 is 2.21 bits per heavy atom. The van der Waals surface area contributed by atoms with E-state index in [0.29, 0.717) is 30.2 Å². The van der Waals surface area contributed by atoms with Crippen molar-refractivity contribution < 1.29 is 24.1 Å². The number of nitrogens with one attached hydrogen (secondary N) is 1. The smallest absolute Gasteiger partial charge is 0.335 e. The third-order valence-electron chi connectivity index (χ3n) is 3.03. The summed E-state index contributed by atoms with van der Waals surface area (Å²) in [6.07, 6.45) is -0.239. The highest BCUT2D eigenvalue weighted by molar-refractivity contribution is 5.89. The van der Waals surface area contributed by atoms with Crippen LogP contribution in [0, 0.1) is 0 Å². The lowest BCUT2D eigenvalue weighted by atomic mass is 10.0. The molecule has 1 aliphatic heterocycles. The van der Waals surface area contributed by atoms with Gasteiger partial charge in [-0.2, -0.15) is 0 Å². The molecule has 2 rings (SSSR count). The first kappa shape index (κ1) is 13.6. The Morgan fingerprint density at radius 1 is 1.42 bits per heavy atom. The van der Waals surface area contributed by atoms with Crippen LogP contribution in [-0.4, -0.2) is 45.0 Å². The van der Waals surface area contributed by atoms with Crippen LogP contribution in [0.4, 0.5) is 0 Å². The van der Waals surface area contributed by atoms with Crippen LogP contribution < -0.4 is 14.8 Å². The predicted molar refractivity (Wildman–Crippen MR) is 68.1 cm³/mol. The van der Waals surface area contributed by atoms with E-state index in [-0.39, 0.29) is 11.7 Å². The molecule has 6 heteroatoms. The van der Waals surface area contributed by atoms with Crippen molar-refractivity contribution in [2.24, 2.45) is 0 Å². The molecule has 0 aromatic heterocycles. The highest BCUT2D eigenvalue weighted by Gasteiger charge is 2.24. The summed E-state index contributed by atoms with van der Waals surface area (Å²) in [7, 11) is 3.01. The molecule has 1 unspecified atom stereocenters. The van der Waals surface area contributed by atoms with Gasteiger partial charge in [-0.1, -0.05) is 0 Å². The third kappa shape index (κ3) is 2.80. The van der Waals surface area contributed by atoms with Crippen molar-refractivity contribution in [2.45, 2.75) is 6.10 Å². The van der Waals surface area contributed by atoms with E-state index in [9.17, 15) is 4.79 Å². The normalized spacial score (nSPS) is 18.9. The molecule has 0 amide bonds. The van der Waals surface area contributed by atoms with E-state index in [0.717, 1.165) is 6.54 Å². The first-order valence-electron chi connectivity index (χ1n) is 5.99. The molecule has 1 aliphatic rings. The van der Waals surface area contributed by atoms with Crippen LogP contribution in [0.1, 0.15) is 22.0 Å². The molecule has 2 N–H and O–H groups in total. The van der Waals surface area contributed by atoms with E-state index in [2.05, 4.69) is 5.32 Å². The highest BCUT2D eigenvalue weighted by atomic mass is 16.5. The van der Waals surface area contributed by atoms with E-state index in [1.54, 1.807) is 6.07 Å². The molecule has 0 bridgehead atoms. The zero-order valence-electron chi connectivity index (χ0n) is 10.9. The summed E-state index contributed by atoms with van der Waals surface area (Å²) in [5.74, 6) is -0.0984. The second-order valence-electron chi connectivity index (χ2n) is 4.17. The zero-order valence-corrected chi connectivity index (χ0v) is 10.9. The van der Waals surface area contributed by atoms with Crippen molar-refractivity contribution in [3.63, 3.8) is 0 Å². The number of carbonyl (C=O) groups is 1. The second kappa shape index (κ2) is 5.90. The molecule has 6 nitrogen and oxygen atoms in total. The van der Waals surface area contributed by atoms with E-state index in [1.165, 1.54) is 20.3 Å². The molecule has 1 aromatic rings. The molecule has 1 fully saturated rings. The Kier molecular flexibility index (Phi) is 4.24. The van der Waals surface area contributed by atoms with E-state index in [4.69, 9.17) is 19.3 Å². The van der Waals surface area contributed by atoms with Crippen LogP contribution in [0.5, 0.6) is 11.5 Å². The number of aromatic carboxylic acids is 1. The number of rotatable bonds is 4. The summed E-state index contributed by atoms with van der Waals surface area (Å²) in [6.45, 7) is 1.98. The summed E-state index contributed by atoms with van der Waals surface area (Å²) in [5.41, 5.74) is 0.841. The number of carboxylic acids is 1. The molecule has 0 radical (unpaired) electrons. The number of carboxylic acid groups (broad SMARTS) is 1. The van der Waals surface area contributed by atoms with E-state index >= 15 is 0 Å². The van der Waals surface area contributed by atoms with Gasteiger partial charge in [-0.25, -0.2) is 4.79 Å². The van der Waals surface area contributed by atoms with Crippen molar-refractivity contribution in [3.05, 3.63) is 23.3 Å². The quantitative estimate of drug-likeness (QED) is 0.849. The monoisotopic (exact) mass is 267 g/mol. The maximum atomic E-state index is 11.2. The topological polar surface area (TPSA) is 77.0 Å². The van der Waals surface area contributed by atoms with Crippen molar-refractivity contribution in [3.8, 4) is 11.5 Å². The van der Waals surface area contributed by atoms with E-state index < -0.39 is 5.97 Å². The van der Waals surface area contributed by atoms with Crippen molar-refractivity contribution in [1.82, 2.24) is 5.32 Å². The number of hydrogen-bond acceptors (Lipinski definition) is 5. The number of ether oxygens (including phenoxy) is 3. The molecule has 19 heavy (non-hydrogen) atoms. The maximum absolute atomic E-state index is 11.2. The van der Waals surface area contributed by atoms with Gasteiger partial charge < -0.3 is 24.6 Å². The van der Waals surface area contributed by atoms with Gasteiger partial charge in [0.1, 0.15) is 0 Å². The standard InChI is InChI=1S/C13H17NO5/c1-17-10-6-8(13(15)16)5-9(12(10)18-2)11-7-14-3-4-19-11/h5-6,11,14H,3-4,7H2,1-2H3,(H,15,16). The minimum Gasteiger partial charge on any atom is -0.493 e. The molecular weight excluding hydrogens is 250 g/mol. The van der Waals surface area contributed by atoms with Gasteiger partial charge in [-0.15, -0.1) is 0 Å². The lowest BCUT2D eigenvalue weighted by Gasteiger charge is -2.26. The first-order valence-corrected chi connectivity index (χ1v) is 5.99. The lowest BCUT2D eigenvalue weighted by Crippen LogP contribution is -2.33. The van der Waals surface area contributed by atoms with Gasteiger partial charge in [-0.05, 0) is 12.1 Å². The van der Waals surface area contributed by atoms with Gasteiger partial charge >= 0.3 is 5.97 Å². The van der Waals surface area contributed by atoms with Crippen molar-refractivity contribution in [1.29, 1.82) is 0 Å². The van der Waals surface area contributed by atoms with Crippen LogP contribution in [0.2, 0.25) is 0 Å². The van der Waals surface area contributed by atoms with Crippen LogP contribution in [0.3, 0.4) is 0 Å². The summed E-state index contributed by atoms with van der Waals surface area (Å²) in [5, 5.41) is 12.3. The summed E-state index contributed by atoms with van der Waals surface area (Å²) >= 11 is 0. The summed E-state index contributed by atoms with van der Waals surface area (Å²) in [6, 6.07) is 3.02. The average molecular weight is 267 g/mol. The number of morpholine rings is 1. The Balaban J connectivity index is 2.48. The molecule has 1 aromatic carbocycles.